The van der Waals surface area contributed by atoms with Gasteiger partial charge in [0.25, 0.3) is 0 Å². The van der Waals surface area contributed by atoms with Crippen molar-refractivity contribution in [1.82, 2.24) is 15.8 Å². The molecule has 1 heterocycles. The average Bonchev–Trinajstić information content (AvgIpc) is 2.18. The van der Waals surface area contributed by atoms with E-state index < -0.39 is 5.97 Å². The molecule has 1 aliphatic rings. The van der Waals surface area contributed by atoms with E-state index >= 15 is 0 Å². The van der Waals surface area contributed by atoms with Gasteiger partial charge in [-0.2, -0.15) is 0 Å². The lowest BCUT2D eigenvalue weighted by atomic mass is 10.4. The van der Waals surface area contributed by atoms with E-state index in [9.17, 15) is 9.59 Å². The summed E-state index contributed by atoms with van der Waals surface area (Å²) in [7, 11) is 0. The largest absolute Gasteiger partial charge is 0.481 e. The summed E-state index contributed by atoms with van der Waals surface area (Å²) in [5.41, 5.74) is 2.60. The summed E-state index contributed by atoms with van der Waals surface area (Å²) >= 11 is 0. The van der Waals surface area contributed by atoms with Gasteiger partial charge in [0.05, 0.1) is 19.6 Å². The number of carbonyl (C=O) groups excluding carboxylic acids is 1. The number of amides is 2. The summed E-state index contributed by atoms with van der Waals surface area (Å²) in [6.07, 6.45) is -0.0729. The van der Waals surface area contributed by atoms with E-state index in [0.717, 1.165) is 0 Å². The number of carbonyl (C=O) groups is 2. The molecule has 7 heteroatoms. The summed E-state index contributed by atoms with van der Waals surface area (Å²) in [4.78, 5) is 21.4. The second kappa shape index (κ2) is 6.20. The standard InChI is InChI=1S/C8H15N3O4/c12-7(13)1-2-9-8(14)10-11-3-5-15-6-4-11/h1-6H2,(H,12,13)(H2,9,10,14). The molecule has 1 fully saturated rings. The molecule has 0 aromatic rings. The van der Waals surface area contributed by atoms with Gasteiger partial charge in [-0.05, 0) is 0 Å². The van der Waals surface area contributed by atoms with Crippen molar-refractivity contribution in [3.63, 3.8) is 0 Å². The highest BCUT2D eigenvalue weighted by Gasteiger charge is 2.12. The topological polar surface area (TPSA) is 90.9 Å². The first-order valence-electron chi connectivity index (χ1n) is 4.77. The quantitative estimate of drug-likeness (QED) is 0.562. The number of carboxylic acids is 1. The zero-order valence-electron chi connectivity index (χ0n) is 8.36. The van der Waals surface area contributed by atoms with Crippen LogP contribution in [0.1, 0.15) is 6.42 Å². The van der Waals surface area contributed by atoms with Crippen LogP contribution in [0.4, 0.5) is 4.79 Å². The first-order valence-corrected chi connectivity index (χ1v) is 4.77. The number of carboxylic acid groups (broad SMARTS) is 1. The molecular formula is C8H15N3O4. The molecule has 0 bridgehead atoms. The van der Waals surface area contributed by atoms with Crippen molar-refractivity contribution >= 4 is 12.0 Å². The Morgan fingerprint density at radius 3 is 2.60 bits per heavy atom. The third-order valence-corrected chi connectivity index (χ3v) is 1.90. The third-order valence-electron chi connectivity index (χ3n) is 1.90. The molecule has 0 saturated carbocycles. The van der Waals surface area contributed by atoms with E-state index in [0.29, 0.717) is 26.3 Å². The van der Waals surface area contributed by atoms with Crippen LogP contribution in [0.2, 0.25) is 0 Å². The number of morpholine rings is 1. The van der Waals surface area contributed by atoms with Crippen molar-refractivity contribution in [1.29, 1.82) is 0 Å². The molecule has 3 N–H and O–H groups in total. The molecule has 0 aromatic carbocycles. The van der Waals surface area contributed by atoms with Crippen LogP contribution in [-0.2, 0) is 9.53 Å². The molecule has 1 saturated heterocycles. The van der Waals surface area contributed by atoms with Crippen molar-refractivity contribution in [3.05, 3.63) is 0 Å². The Morgan fingerprint density at radius 1 is 1.33 bits per heavy atom. The van der Waals surface area contributed by atoms with Gasteiger partial charge in [-0.3, -0.25) is 10.2 Å². The van der Waals surface area contributed by atoms with Gasteiger partial charge in [-0.1, -0.05) is 0 Å². The van der Waals surface area contributed by atoms with E-state index in [-0.39, 0.29) is 19.0 Å². The van der Waals surface area contributed by atoms with Crippen molar-refractivity contribution in [2.24, 2.45) is 0 Å². The van der Waals surface area contributed by atoms with E-state index in [1.54, 1.807) is 5.01 Å². The fourth-order valence-corrected chi connectivity index (χ4v) is 1.14. The van der Waals surface area contributed by atoms with Gasteiger partial charge in [0.15, 0.2) is 0 Å². The Morgan fingerprint density at radius 2 is 2.00 bits per heavy atom. The minimum Gasteiger partial charge on any atom is -0.481 e. The van der Waals surface area contributed by atoms with Crippen LogP contribution in [0.3, 0.4) is 0 Å². The fourth-order valence-electron chi connectivity index (χ4n) is 1.14. The minimum absolute atomic E-state index is 0.0729. The first kappa shape index (κ1) is 11.7. The van der Waals surface area contributed by atoms with Crippen molar-refractivity contribution in [2.75, 3.05) is 32.8 Å². The van der Waals surface area contributed by atoms with Crippen LogP contribution in [0, 0.1) is 0 Å². The van der Waals surface area contributed by atoms with E-state index in [4.69, 9.17) is 9.84 Å². The van der Waals surface area contributed by atoms with Gasteiger partial charge < -0.3 is 15.2 Å². The normalized spacial score (nSPS) is 17.1. The number of nitrogens with zero attached hydrogens (tertiary/aromatic N) is 1. The maximum atomic E-state index is 11.2. The number of urea groups is 1. The van der Waals surface area contributed by atoms with Crippen LogP contribution in [-0.4, -0.2) is 55.0 Å². The van der Waals surface area contributed by atoms with Gasteiger partial charge >= 0.3 is 12.0 Å². The molecule has 0 aliphatic carbocycles. The summed E-state index contributed by atoms with van der Waals surface area (Å²) in [5, 5.41) is 12.5. The van der Waals surface area contributed by atoms with E-state index in [1.807, 2.05) is 0 Å². The number of ether oxygens (including phenoxy) is 1. The summed E-state index contributed by atoms with van der Waals surface area (Å²) in [6.45, 7) is 2.61. The molecule has 0 unspecified atom stereocenters. The van der Waals surface area contributed by atoms with Gasteiger partial charge in [0.2, 0.25) is 0 Å². The lowest BCUT2D eigenvalue weighted by Gasteiger charge is -2.26. The van der Waals surface area contributed by atoms with Gasteiger partial charge in [0.1, 0.15) is 0 Å². The Hall–Kier alpha value is -1.34. The maximum Gasteiger partial charge on any atom is 0.329 e. The molecule has 15 heavy (non-hydrogen) atoms. The van der Waals surface area contributed by atoms with Crippen molar-refractivity contribution in [3.8, 4) is 0 Å². The van der Waals surface area contributed by atoms with Crippen molar-refractivity contribution in [2.45, 2.75) is 6.42 Å². The molecule has 0 radical (unpaired) electrons. The molecule has 2 amide bonds. The zero-order chi connectivity index (χ0) is 11.1. The molecule has 7 nitrogen and oxygen atoms in total. The first-order chi connectivity index (χ1) is 7.18. The average molecular weight is 217 g/mol. The van der Waals surface area contributed by atoms with E-state index in [2.05, 4.69) is 10.7 Å². The monoisotopic (exact) mass is 217 g/mol. The number of hydrogen-bond donors (Lipinski definition) is 3. The van der Waals surface area contributed by atoms with Crippen LogP contribution in [0.5, 0.6) is 0 Å². The summed E-state index contributed by atoms with van der Waals surface area (Å²) < 4.78 is 5.10. The number of nitrogens with one attached hydrogen (secondary N) is 2. The predicted octanol–water partition coefficient (Wildman–Crippen LogP) is -0.992. The Balaban J connectivity index is 2.09. The molecule has 1 aliphatic heterocycles. The smallest absolute Gasteiger partial charge is 0.329 e. The SMILES string of the molecule is O=C(O)CCNC(=O)NN1CCOCC1. The maximum absolute atomic E-state index is 11.2. The van der Waals surface area contributed by atoms with Gasteiger partial charge in [0, 0.05) is 19.6 Å². The van der Waals surface area contributed by atoms with Crippen LogP contribution in [0.15, 0.2) is 0 Å². The lowest BCUT2D eigenvalue weighted by molar-refractivity contribution is -0.136. The molecule has 0 spiro atoms. The number of rotatable bonds is 4. The van der Waals surface area contributed by atoms with E-state index in [1.165, 1.54) is 0 Å². The summed E-state index contributed by atoms with van der Waals surface area (Å²) in [6, 6.07) is -0.377. The highest BCUT2D eigenvalue weighted by Crippen LogP contribution is 1.91. The number of aliphatic carboxylic acids is 1. The molecule has 1 rings (SSSR count). The van der Waals surface area contributed by atoms with Gasteiger partial charge in [-0.25, -0.2) is 9.80 Å². The van der Waals surface area contributed by atoms with Gasteiger partial charge in [-0.15, -0.1) is 0 Å². The molecule has 0 aromatic heterocycles. The van der Waals surface area contributed by atoms with Crippen LogP contribution >= 0.6 is 0 Å². The Labute approximate surface area is 87.3 Å². The number of hydrogen-bond acceptors (Lipinski definition) is 4. The lowest BCUT2D eigenvalue weighted by Crippen LogP contribution is -2.51. The fraction of sp³-hybridized carbons (Fsp3) is 0.750. The Kier molecular flexibility index (Phi) is 4.85. The highest BCUT2D eigenvalue weighted by molar-refractivity contribution is 5.74. The summed E-state index contributed by atoms with van der Waals surface area (Å²) in [5.74, 6) is -0.929. The second-order valence-corrected chi connectivity index (χ2v) is 3.11. The second-order valence-electron chi connectivity index (χ2n) is 3.11. The highest BCUT2D eigenvalue weighted by atomic mass is 16.5. The zero-order valence-corrected chi connectivity index (χ0v) is 8.36. The number of hydrazine groups is 1. The van der Waals surface area contributed by atoms with Crippen LogP contribution in [0.25, 0.3) is 0 Å². The Bertz CT molecular complexity index is 228. The van der Waals surface area contributed by atoms with Crippen molar-refractivity contribution < 1.29 is 19.4 Å². The van der Waals surface area contributed by atoms with Crippen LogP contribution < -0.4 is 10.7 Å². The third kappa shape index (κ3) is 5.18. The predicted molar refractivity (Wildman–Crippen MR) is 51.2 cm³/mol. The molecule has 0 atom stereocenters. The minimum atomic E-state index is -0.929. The molecular weight excluding hydrogens is 202 g/mol. The molecule has 86 valence electrons.